The minimum Gasteiger partial charge on any atom is -0.470 e. The van der Waals surface area contributed by atoms with E-state index >= 15 is 0 Å². The molecule has 1 atom stereocenters. The molecule has 1 unspecified atom stereocenters. The van der Waals surface area contributed by atoms with Gasteiger partial charge in [-0.25, -0.2) is 4.68 Å². The second-order valence-electron chi connectivity index (χ2n) is 6.97. The zero-order valence-electron chi connectivity index (χ0n) is 15.2. The maximum Gasteiger partial charge on any atom is 0.274 e. The molecule has 148 valence electrons. The monoisotopic (exact) mass is 405 g/mol. The third-order valence-corrected chi connectivity index (χ3v) is 5.51. The predicted octanol–water partition coefficient (Wildman–Crippen LogP) is 2.40. The molecular weight excluding hydrogens is 386 g/mol. The normalized spacial score (nSPS) is 19.5. The fourth-order valence-corrected chi connectivity index (χ4v) is 3.97. The van der Waals surface area contributed by atoms with Gasteiger partial charge in [0.2, 0.25) is 0 Å². The third kappa shape index (κ3) is 3.81. The Morgan fingerprint density at radius 3 is 2.96 bits per heavy atom. The first-order valence-electron chi connectivity index (χ1n) is 9.15. The Morgan fingerprint density at radius 2 is 2.18 bits per heavy atom. The highest BCUT2D eigenvalue weighted by molar-refractivity contribution is 6.32. The maximum atomic E-state index is 12.7. The number of fused-ring (bicyclic) bond motifs is 1. The van der Waals surface area contributed by atoms with Crippen LogP contribution in [0.15, 0.2) is 30.5 Å². The highest BCUT2D eigenvalue weighted by Gasteiger charge is 2.33. The average molecular weight is 406 g/mol. The SMILES string of the molecule is O=C(c1ccn(COc2ccc([N+](=O)[O-])cc2Cl)n1)N1CCN2CCCC2C1. The minimum atomic E-state index is -0.521. The number of hydrogen-bond acceptors (Lipinski definition) is 6. The van der Waals surface area contributed by atoms with Crippen molar-refractivity contribution in [2.75, 3.05) is 26.2 Å². The Balaban J connectivity index is 1.36. The van der Waals surface area contributed by atoms with Crippen LogP contribution in [0.2, 0.25) is 5.02 Å². The van der Waals surface area contributed by atoms with Gasteiger partial charge in [0.25, 0.3) is 11.6 Å². The van der Waals surface area contributed by atoms with Crippen LogP contribution in [0.4, 0.5) is 5.69 Å². The molecule has 0 radical (unpaired) electrons. The summed E-state index contributed by atoms with van der Waals surface area (Å²) in [6, 6.07) is 6.13. The molecule has 2 aliphatic heterocycles. The molecule has 0 bridgehead atoms. The zero-order valence-corrected chi connectivity index (χ0v) is 15.9. The van der Waals surface area contributed by atoms with Crippen LogP contribution in [0.1, 0.15) is 23.3 Å². The van der Waals surface area contributed by atoms with Gasteiger partial charge in [0.15, 0.2) is 12.4 Å². The van der Waals surface area contributed by atoms with E-state index in [-0.39, 0.29) is 23.3 Å². The molecule has 0 aliphatic carbocycles. The Kier molecular flexibility index (Phi) is 5.19. The number of amides is 1. The number of carbonyl (C=O) groups is 1. The maximum absolute atomic E-state index is 12.7. The second-order valence-corrected chi connectivity index (χ2v) is 7.38. The first kappa shape index (κ1) is 18.7. The van der Waals surface area contributed by atoms with E-state index in [2.05, 4.69) is 10.00 Å². The summed E-state index contributed by atoms with van der Waals surface area (Å²) in [4.78, 5) is 27.3. The van der Waals surface area contributed by atoms with Crippen molar-refractivity contribution in [2.24, 2.45) is 0 Å². The van der Waals surface area contributed by atoms with E-state index in [4.69, 9.17) is 16.3 Å². The van der Waals surface area contributed by atoms with Gasteiger partial charge >= 0.3 is 0 Å². The van der Waals surface area contributed by atoms with Crippen LogP contribution in [0.3, 0.4) is 0 Å². The Hall–Kier alpha value is -2.65. The topological polar surface area (TPSA) is 93.7 Å². The lowest BCUT2D eigenvalue weighted by Crippen LogP contribution is -2.52. The lowest BCUT2D eigenvalue weighted by atomic mass is 10.1. The summed E-state index contributed by atoms with van der Waals surface area (Å²) in [6.07, 6.45) is 4.00. The van der Waals surface area contributed by atoms with Crippen LogP contribution in [-0.4, -0.2) is 62.6 Å². The molecule has 0 N–H and O–H groups in total. The van der Waals surface area contributed by atoms with Gasteiger partial charge in [-0.3, -0.25) is 19.8 Å². The van der Waals surface area contributed by atoms with Crippen molar-refractivity contribution in [2.45, 2.75) is 25.6 Å². The van der Waals surface area contributed by atoms with Crippen LogP contribution in [0, 0.1) is 10.1 Å². The summed E-state index contributed by atoms with van der Waals surface area (Å²) in [5.74, 6) is 0.242. The molecule has 1 amide bonds. The quantitative estimate of drug-likeness (QED) is 0.560. The summed E-state index contributed by atoms with van der Waals surface area (Å²) >= 11 is 6.02. The van der Waals surface area contributed by atoms with Gasteiger partial charge in [-0.15, -0.1) is 0 Å². The lowest BCUT2D eigenvalue weighted by Gasteiger charge is -2.37. The molecule has 2 fully saturated rings. The molecule has 0 saturated carbocycles. The van der Waals surface area contributed by atoms with Crippen LogP contribution >= 0.6 is 11.6 Å². The Labute approximate surface area is 166 Å². The molecule has 28 heavy (non-hydrogen) atoms. The van der Waals surface area contributed by atoms with E-state index in [1.165, 1.54) is 29.3 Å². The Bertz CT molecular complexity index is 902. The molecule has 2 saturated heterocycles. The van der Waals surface area contributed by atoms with Crippen molar-refractivity contribution in [1.29, 1.82) is 0 Å². The number of nitro benzene ring substituents is 1. The van der Waals surface area contributed by atoms with E-state index in [0.29, 0.717) is 17.5 Å². The van der Waals surface area contributed by atoms with E-state index in [0.717, 1.165) is 32.6 Å². The molecule has 2 aliphatic rings. The molecule has 2 aromatic rings. The molecule has 4 rings (SSSR count). The lowest BCUT2D eigenvalue weighted by molar-refractivity contribution is -0.384. The standard InChI is InChI=1S/C18H20ClN5O4/c19-15-10-13(24(26)27)3-4-17(15)28-12-23-7-5-16(20-23)18(25)22-9-8-21-6-1-2-14(21)11-22/h3-5,7,10,14H,1-2,6,8-9,11-12H2. The number of nitrogens with zero attached hydrogens (tertiary/aromatic N) is 5. The number of non-ortho nitro benzene ring substituents is 1. The smallest absolute Gasteiger partial charge is 0.274 e. The van der Waals surface area contributed by atoms with Crippen molar-refractivity contribution < 1.29 is 14.5 Å². The van der Waals surface area contributed by atoms with Crippen molar-refractivity contribution in [1.82, 2.24) is 19.6 Å². The second kappa shape index (κ2) is 7.76. The molecule has 1 aromatic heterocycles. The highest BCUT2D eigenvalue weighted by atomic mass is 35.5. The summed E-state index contributed by atoms with van der Waals surface area (Å²) < 4.78 is 7.06. The first-order valence-corrected chi connectivity index (χ1v) is 9.52. The predicted molar refractivity (Wildman–Crippen MR) is 101 cm³/mol. The molecule has 10 heteroatoms. The average Bonchev–Trinajstić information content (AvgIpc) is 3.35. The molecule has 3 heterocycles. The van der Waals surface area contributed by atoms with E-state index < -0.39 is 4.92 Å². The van der Waals surface area contributed by atoms with Gasteiger partial charge in [-0.2, -0.15) is 5.10 Å². The number of aromatic nitrogens is 2. The van der Waals surface area contributed by atoms with Crippen molar-refractivity contribution in [3.63, 3.8) is 0 Å². The molecule has 9 nitrogen and oxygen atoms in total. The minimum absolute atomic E-state index is 0.0429. The van der Waals surface area contributed by atoms with Crippen LogP contribution in [0.5, 0.6) is 5.75 Å². The molecule has 1 aromatic carbocycles. The number of hydrogen-bond donors (Lipinski definition) is 0. The largest absolute Gasteiger partial charge is 0.470 e. The first-order chi connectivity index (χ1) is 13.5. The van der Waals surface area contributed by atoms with Crippen LogP contribution in [-0.2, 0) is 6.73 Å². The summed E-state index contributed by atoms with van der Waals surface area (Å²) in [5.41, 5.74) is 0.275. The highest BCUT2D eigenvalue weighted by Crippen LogP contribution is 2.29. The summed E-state index contributed by atoms with van der Waals surface area (Å²) in [6.45, 7) is 3.56. The van der Waals surface area contributed by atoms with Crippen molar-refractivity contribution >= 4 is 23.2 Å². The van der Waals surface area contributed by atoms with Gasteiger partial charge in [0.1, 0.15) is 5.75 Å². The number of carbonyl (C=O) groups excluding carboxylic acids is 1. The van der Waals surface area contributed by atoms with E-state index in [1.54, 1.807) is 12.3 Å². The zero-order chi connectivity index (χ0) is 19.7. The van der Waals surface area contributed by atoms with Crippen molar-refractivity contribution in [3.05, 3.63) is 51.3 Å². The van der Waals surface area contributed by atoms with E-state index in [1.807, 2.05) is 4.90 Å². The van der Waals surface area contributed by atoms with Crippen LogP contribution < -0.4 is 4.74 Å². The number of halogens is 1. The number of nitro groups is 1. The molecular formula is C18H20ClN5O4. The fourth-order valence-electron chi connectivity index (χ4n) is 3.74. The molecule has 0 spiro atoms. The Morgan fingerprint density at radius 1 is 1.32 bits per heavy atom. The summed E-state index contributed by atoms with van der Waals surface area (Å²) in [7, 11) is 0. The van der Waals surface area contributed by atoms with Gasteiger partial charge in [0, 0.05) is 44.0 Å². The third-order valence-electron chi connectivity index (χ3n) is 5.21. The summed E-state index contributed by atoms with van der Waals surface area (Å²) in [5, 5.41) is 15.2. The van der Waals surface area contributed by atoms with Gasteiger partial charge < -0.3 is 9.64 Å². The number of ether oxygens (including phenoxy) is 1. The fraction of sp³-hybridized carbons (Fsp3) is 0.444. The van der Waals surface area contributed by atoms with Gasteiger partial charge in [-0.05, 0) is 31.5 Å². The number of benzene rings is 1. The van der Waals surface area contributed by atoms with E-state index in [9.17, 15) is 14.9 Å². The van der Waals surface area contributed by atoms with Gasteiger partial charge in [-0.1, -0.05) is 11.6 Å². The van der Waals surface area contributed by atoms with Crippen LogP contribution in [0.25, 0.3) is 0 Å². The number of rotatable bonds is 5. The number of piperazine rings is 1. The van der Waals surface area contributed by atoms with Gasteiger partial charge in [0.05, 0.1) is 9.95 Å². The van der Waals surface area contributed by atoms with Crippen molar-refractivity contribution in [3.8, 4) is 5.75 Å².